The van der Waals surface area contributed by atoms with Gasteiger partial charge in [-0.2, -0.15) is 0 Å². The van der Waals surface area contributed by atoms with Crippen molar-refractivity contribution >= 4 is 51.5 Å². The van der Waals surface area contributed by atoms with Crippen LogP contribution in [0.3, 0.4) is 0 Å². The van der Waals surface area contributed by atoms with E-state index in [9.17, 15) is 19.5 Å². The van der Waals surface area contributed by atoms with Gasteiger partial charge in [0.15, 0.2) is 10.5 Å². The minimum atomic E-state index is -1.59. The number of esters is 1. The number of ether oxygens (including phenoxy) is 1. The van der Waals surface area contributed by atoms with E-state index in [0.29, 0.717) is 54.6 Å². The van der Waals surface area contributed by atoms with Crippen molar-refractivity contribution in [3.8, 4) is 0 Å². The van der Waals surface area contributed by atoms with E-state index in [2.05, 4.69) is 5.32 Å². The van der Waals surface area contributed by atoms with Crippen LogP contribution in [0.1, 0.15) is 27.6 Å². The lowest BCUT2D eigenvalue weighted by Gasteiger charge is -2.37. The number of thiocarbonyl (C=S) groups is 1. The number of hydrogen-bond acceptors (Lipinski definition) is 7. The summed E-state index contributed by atoms with van der Waals surface area (Å²) in [5, 5.41) is 15.0. The lowest BCUT2D eigenvalue weighted by molar-refractivity contribution is -0.255. The van der Waals surface area contributed by atoms with Crippen LogP contribution in [0.5, 0.6) is 0 Å². The number of anilines is 2. The van der Waals surface area contributed by atoms with Gasteiger partial charge in [0.1, 0.15) is 5.82 Å². The fourth-order valence-electron chi connectivity index (χ4n) is 4.21. The highest BCUT2D eigenvalue weighted by atomic mass is 32.1. The van der Waals surface area contributed by atoms with Crippen LogP contribution in [0.25, 0.3) is 10.9 Å². The monoisotopic (exact) mass is 511 g/mol. The summed E-state index contributed by atoms with van der Waals surface area (Å²) >= 11 is 5.53. The van der Waals surface area contributed by atoms with Crippen LogP contribution in [0.2, 0.25) is 0 Å². The van der Waals surface area contributed by atoms with Crippen LogP contribution in [-0.2, 0) is 11.3 Å². The van der Waals surface area contributed by atoms with Gasteiger partial charge in [-0.25, -0.2) is 9.18 Å². The van der Waals surface area contributed by atoms with Gasteiger partial charge in [0, 0.05) is 50.0 Å². The van der Waals surface area contributed by atoms with E-state index >= 15 is 4.39 Å². The van der Waals surface area contributed by atoms with E-state index < -0.39 is 28.7 Å². The SMILES string of the molecule is CCn1cc(C(=O)[O-])c(=O)c2cc(F)c(N3CCN(C(=S)Nc4ccc(C(=O)OC)cc4)CC3)cc21. The number of rotatable bonds is 5. The van der Waals surface area contributed by atoms with Crippen LogP contribution in [0, 0.1) is 5.82 Å². The molecule has 1 N–H and O–H groups in total. The molecule has 3 aromatic rings. The zero-order valence-corrected chi connectivity index (χ0v) is 20.6. The molecule has 0 radical (unpaired) electrons. The van der Waals surface area contributed by atoms with Crippen molar-refractivity contribution in [3.05, 3.63) is 69.8 Å². The molecule has 2 heterocycles. The molecule has 9 nitrogen and oxygen atoms in total. The number of nitrogens with one attached hydrogen (secondary N) is 1. The number of benzene rings is 2. The fourth-order valence-corrected chi connectivity index (χ4v) is 4.51. The van der Waals surface area contributed by atoms with Crippen molar-refractivity contribution in [2.75, 3.05) is 43.5 Å². The molecule has 1 fully saturated rings. The second-order valence-corrected chi connectivity index (χ2v) is 8.63. The maximum absolute atomic E-state index is 15.1. The Morgan fingerprint density at radius 3 is 2.39 bits per heavy atom. The number of halogens is 1. The van der Waals surface area contributed by atoms with Crippen LogP contribution >= 0.6 is 12.2 Å². The topological polar surface area (TPSA) is 107 Å². The number of nitrogens with zero attached hydrogens (tertiary/aromatic N) is 3. The zero-order chi connectivity index (χ0) is 26.0. The molecule has 36 heavy (non-hydrogen) atoms. The Hall–Kier alpha value is -3.99. The summed E-state index contributed by atoms with van der Waals surface area (Å²) in [5.74, 6) is -2.61. The molecule has 0 spiro atoms. The highest BCUT2D eigenvalue weighted by molar-refractivity contribution is 7.80. The Bertz CT molecular complexity index is 1400. The highest BCUT2D eigenvalue weighted by Crippen LogP contribution is 2.26. The molecule has 1 aliphatic heterocycles. The number of pyridine rings is 1. The molecule has 188 valence electrons. The number of carbonyl (C=O) groups excluding carboxylic acids is 2. The van der Waals surface area contributed by atoms with Gasteiger partial charge in [0.2, 0.25) is 0 Å². The summed E-state index contributed by atoms with van der Waals surface area (Å²) in [6.07, 6.45) is 1.24. The number of fused-ring (bicyclic) bond motifs is 1. The number of piperazine rings is 1. The maximum atomic E-state index is 15.1. The first-order valence-electron chi connectivity index (χ1n) is 11.3. The molecule has 1 aliphatic rings. The van der Waals surface area contributed by atoms with Gasteiger partial charge >= 0.3 is 5.97 Å². The van der Waals surface area contributed by atoms with Gasteiger partial charge in [0.05, 0.1) is 35.4 Å². The number of carbonyl (C=O) groups is 2. The van der Waals surface area contributed by atoms with Gasteiger partial charge in [-0.3, -0.25) is 4.79 Å². The summed E-state index contributed by atoms with van der Waals surface area (Å²) in [4.78, 5) is 39.3. The van der Waals surface area contributed by atoms with Gasteiger partial charge in [-0.1, -0.05) is 0 Å². The van der Waals surface area contributed by atoms with E-state index in [1.54, 1.807) is 34.9 Å². The lowest BCUT2D eigenvalue weighted by atomic mass is 10.1. The Balaban J connectivity index is 1.48. The summed E-state index contributed by atoms with van der Waals surface area (Å²) in [6, 6.07) is 9.44. The molecule has 1 saturated heterocycles. The van der Waals surface area contributed by atoms with Crippen molar-refractivity contribution in [2.24, 2.45) is 0 Å². The van der Waals surface area contributed by atoms with Crippen molar-refractivity contribution in [2.45, 2.75) is 13.5 Å². The summed E-state index contributed by atoms with van der Waals surface area (Å²) in [7, 11) is 1.32. The van der Waals surface area contributed by atoms with E-state index in [4.69, 9.17) is 17.0 Å². The van der Waals surface area contributed by atoms with Crippen LogP contribution < -0.4 is 20.8 Å². The standard InChI is InChI=1S/C25H25FN4O5S/c1-3-28-14-18(23(32)33)22(31)17-12-19(26)21(13-20(17)28)29-8-10-30(11-9-29)25(36)27-16-6-4-15(5-7-16)24(34)35-2/h4-7,12-14H,3,8-11H2,1-2H3,(H,27,36)(H,32,33)/p-1. The molecule has 4 rings (SSSR count). The number of carboxylic acids is 1. The molecule has 0 aliphatic carbocycles. The summed E-state index contributed by atoms with van der Waals surface area (Å²) < 4.78 is 21.4. The van der Waals surface area contributed by atoms with E-state index in [0.717, 1.165) is 11.8 Å². The first kappa shape index (κ1) is 25.1. The first-order valence-corrected chi connectivity index (χ1v) is 11.7. The molecule has 0 amide bonds. The Morgan fingerprint density at radius 1 is 1.14 bits per heavy atom. The second kappa shape index (κ2) is 10.3. The van der Waals surface area contributed by atoms with Crippen LogP contribution in [0.15, 0.2) is 47.4 Å². The van der Waals surface area contributed by atoms with Crippen molar-refractivity contribution in [1.82, 2.24) is 9.47 Å². The van der Waals surface area contributed by atoms with Gasteiger partial charge < -0.3 is 34.3 Å². The van der Waals surface area contributed by atoms with Crippen LogP contribution in [0.4, 0.5) is 15.8 Å². The minimum Gasteiger partial charge on any atom is -0.545 e. The third kappa shape index (κ3) is 4.87. The predicted molar refractivity (Wildman–Crippen MR) is 136 cm³/mol. The molecular formula is C25H24FN4O5S-. The Labute approximate surface area is 211 Å². The third-order valence-electron chi connectivity index (χ3n) is 6.17. The number of aryl methyl sites for hydroxylation is 1. The van der Waals surface area contributed by atoms with Crippen molar-refractivity contribution in [3.63, 3.8) is 0 Å². The maximum Gasteiger partial charge on any atom is 0.337 e. The molecule has 0 saturated carbocycles. The molecule has 0 atom stereocenters. The van der Waals surface area contributed by atoms with E-state index in [1.807, 2.05) is 16.7 Å². The number of methoxy groups -OCH3 is 1. The largest absolute Gasteiger partial charge is 0.545 e. The van der Waals surface area contributed by atoms with Gasteiger partial charge in [0.25, 0.3) is 0 Å². The third-order valence-corrected chi connectivity index (χ3v) is 6.53. The van der Waals surface area contributed by atoms with Gasteiger partial charge in [-0.15, -0.1) is 0 Å². The smallest absolute Gasteiger partial charge is 0.337 e. The predicted octanol–water partition coefficient (Wildman–Crippen LogP) is 1.83. The molecular weight excluding hydrogens is 487 g/mol. The molecule has 0 bridgehead atoms. The second-order valence-electron chi connectivity index (χ2n) is 8.24. The number of aromatic nitrogens is 1. The number of carboxylic acid groups (broad SMARTS) is 1. The Morgan fingerprint density at radius 2 is 1.81 bits per heavy atom. The van der Waals surface area contributed by atoms with Crippen molar-refractivity contribution in [1.29, 1.82) is 0 Å². The lowest BCUT2D eigenvalue weighted by Crippen LogP contribution is -2.50. The molecule has 1 aromatic heterocycles. The van der Waals surface area contributed by atoms with E-state index in [-0.39, 0.29) is 5.39 Å². The minimum absolute atomic E-state index is 0.00188. The normalized spacial score (nSPS) is 13.5. The number of aromatic carboxylic acids is 1. The van der Waals surface area contributed by atoms with Crippen molar-refractivity contribution < 1.29 is 23.8 Å². The Kier molecular flexibility index (Phi) is 7.20. The van der Waals surface area contributed by atoms with Gasteiger partial charge in [-0.05, 0) is 55.5 Å². The fraction of sp³-hybridized carbons (Fsp3) is 0.280. The summed E-state index contributed by atoms with van der Waals surface area (Å²) in [5.41, 5.74) is 0.696. The van der Waals surface area contributed by atoms with E-state index in [1.165, 1.54) is 13.3 Å². The van der Waals surface area contributed by atoms with Crippen LogP contribution in [-0.4, -0.2) is 59.8 Å². The molecule has 11 heteroatoms. The average molecular weight is 512 g/mol. The quantitative estimate of drug-likeness (QED) is 0.406. The molecule has 2 aromatic carbocycles. The zero-order valence-electron chi connectivity index (χ0n) is 19.7. The summed E-state index contributed by atoms with van der Waals surface area (Å²) in [6.45, 7) is 4.25. The number of hydrogen-bond donors (Lipinski definition) is 1. The highest BCUT2D eigenvalue weighted by Gasteiger charge is 2.23. The molecule has 0 unspecified atom stereocenters. The average Bonchev–Trinajstić information content (AvgIpc) is 2.88. The first-order chi connectivity index (χ1) is 17.2.